The van der Waals surface area contributed by atoms with Gasteiger partial charge in [-0.25, -0.2) is 6.57 Å². The van der Waals surface area contributed by atoms with Gasteiger partial charge in [-0.05, 0) is 12.3 Å². The Morgan fingerprint density at radius 2 is 1.90 bits per heavy atom. The van der Waals surface area contributed by atoms with Gasteiger partial charge in [0.15, 0.2) is 0 Å². The Bertz CT molecular complexity index is 99.8. The minimum Gasteiger partial charge on any atom is -0.317 e. The maximum Gasteiger partial charge on any atom is 0.214 e. The summed E-state index contributed by atoms with van der Waals surface area (Å²) in [6.45, 7) is 11.8. The van der Waals surface area contributed by atoms with Crippen LogP contribution in [0.1, 0.15) is 39.5 Å². The molecule has 0 atom stereocenters. The number of nitrogens with zero attached hydrogens (tertiary/aromatic N) is 1. The van der Waals surface area contributed by atoms with Crippen molar-refractivity contribution in [2.75, 3.05) is 6.54 Å². The topological polar surface area (TPSA) is 4.36 Å². The highest BCUT2D eigenvalue weighted by Gasteiger charge is 1.94. The van der Waals surface area contributed by atoms with Crippen LogP contribution in [-0.2, 0) is 0 Å². The van der Waals surface area contributed by atoms with E-state index < -0.39 is 0 Å². The average molecular weight is 139 g/mol. The minimum absolute atomic E-state index is 0.720. The maximum atomic E-state index is 6.55. The SMILES string of the molecule is [C-]#[N+]CCCCCC(C)C. The quantitative estimate of drug-likeness (QED) is 0.407. The molecule has 0 aliphatic rings. The molecule has 10 heavy (non-hydrogen) atoms. The summed E-state index contributed by atoms with van der Waals surface area (Å²) in [6, 6.07) is 0. The Hall–Kier alpha value is -0.510. The number of rotatable bonds is 5. The zero-order valence-electron chi connectivity index (χ0n) is 7.06. The van der Waals surface area contributed by atoms with Gasteiger partial charge in [0.25, 0.3) is 0 Å². The van der Waals surface area contributed by atoms with Crippen LogP contribution in [0.5, 0.6) is 0 Å². The molecule has 0 fully saturated rings. The molecule has 0 saturated heterocycles. The predicted molar refractivity (Wildman–Crippen MR) is 44.8 cm³/mol. The van der Waals surface area contributed by atoms with Gasteiger partial charge in [0.1, 0.15) is 0 Å². The molecule has 1 nitrogen and oxygen atoms in total. The molecular weight excluding hydrogens is 122 g/mol. The Morgan fingerprint density at radius 3 is 2.40 bits per heavy atom. The monoisotopic (exact) mass is 139 g/mol. The molecule has 0 bridgehead atoms. The molecule has 0 N–H and O–H groups in total. The summed E-state index contributed by atoms with van der Waals surface area (Å²) in [5.74, 6) is 0.827. The van der Waals surface area contributed by atoms with Gasteiger partial charge in [-0.15, -0.1) is 0 Å². The van der Waals surface area contributed by atoms with Gasteiger partial charge < -0.3 is 4.85 Å². The minimum atomic E-state index is 0.720. The first-order valence-corrected chi connectivity index (χ1v) is 4.10. The number of hydrogen-bond donors (Lipinski definition) is 0. The van der Waals surface area contributed by atoms with E-state index in [-0.39, 0.29) is 0 Å². The molecule has 0 aliphatic carbocycles. The van der Waals surface area contributed by atoms with Crippen molar-refractivity contribution in [1.82, 2.24) is 0 Å². The van der Waals surface area contributed by atoms with Gasteiger partial charge in [-0.1, -0.05) is 26.7 Å². The first-order valence-electron chi connectivity index (χ1n) is 4.10. The lowest BCUT2D eigenvalue weighted by Crippen LogP contribution is -1.87. The smallest absolute Gasteiger partial charge is 0.214 e. The van der Waals surface area contributed by atoms with E-state index in [1.807, 2.05) is 0 Å². The summed E-state index contributed by atoms with van der Waals surface area (Å²) in [5.41, 5.74) is 0. The highest BCUT2D eigenvalue weighted by atomic mass is 14.6. The fourth-order valence-electron chi connectivity index (χ4n) is 0.920. The van der Waals surface area contributed by atoms with Crippen LogP contribution >= 0.6 is 0 Å². The van der Waals surface area contributed by atoms with Crippen LogP contribution in [0, 0.1) is 12.5 Å². The van der Waals surface area contributed by atoms with Gasteiger partial charge in [0.05, 0.1) is 0 Å². The third kappa shape index (κ3) is 7.49. The molecule has 0 rings (SSSR count). The molecule has 0 aromatic rings. The summed E-state index contributed by atoms with van der Waals surface area (Å²) in [4.78, 5) is 3.30. The van der Waals surface area contributed by atoms with Gasteiger partial charge in [0, 0.05) is 6.42 Å². The predicted octanol–water partition coefficient (Wildman–Crippen LogP) is 3.12. The second-order valence-electron chi connectivity index (χ2n) is 3.12. The van der Waals surface area contributed by atoms with Crippen LogP contribution in [-0.4, -0.2) is 6.54 Å². The Balaban J connectivity index is 2.86. The van der Waals surface area contributed by atoms with E-state index in [4.69, 9.17) is 6.57 Å². The zero-order chi connectivity index (χ0) is 7.82. The largest absolute Gasteiger partial charge is 0.317 e. The third-order valence-corrected chi connectivity index (χ3v) is 1.55. The van der Waals surface area contributed by atoms with Crippen molar-refractivity contribution in [3.05, 3.63) is 11.4 Å². The van der Waals surface area contributed by atoms with E-state index in [1.165, 1.54) is 19.3 Å². The third-order valence-electron chi connectivity index (χ3n) is 1.55. The molecule has 0 amide bonds. The van der Waals surface area contributed by atoms with Crippen molar-refractivity contribution >= 4 is 0 Å². The number of hydrogen-bond acceptors (Lipinski definition) is 0. The van der Waals surface area contributed by atoms with Crippen LogP contribution < -0.4 is 0 Å². The van der Waals surface area contributed by atoms with Crippen molar-refractivity contribution in [1.29, 1.82) is 0 Å². The highest BCUT2D eigenvalue weighted by molar-refractivity contribution is 4.58. The van der Waals surface area contributed by atoms with E-state index in [0.29, 0.717) is 0 Å². The lowest BCUT2D eigenvalue weighted by molar-refractivity contribution is 0.533. The normalized spacial score (nSPS) is 9.80. The van der Waals surface area contributed by atoms with E-state index in [0.717, 1.165) is 18.9 Å². The summed E-state index contributed by atoms with van der Waals surface area (Å²) < 4.78 is 0. The van der Waals surface area contributed by atoms with Crippen molar-refractivity contribution in [3.8, 4) is 0 Å². The Kier molecular flexibility index (Phi) is 6.27. The second-order valence-corrected chi connectivity index (χ2v) is 3.12. The van der Waals surface area contributed by atoms with Crippen LogP contribution in [0.2, 0.25) is 0 Å². The van der Waals surface area contributed by atoms with Crippen LogP contribution in [0.3, 0.4) is 0 Å². The molecule has 0 aliphatic heterocycles. The Morgan fingerprint density at radius 1 is 1.20 bits per heavy atom. The fourth-order valence-corrected chi connectivity index (χ4v) is 0.920. The highest BCUT2D eigenvalue weighted by Crippen LogP contribution is 2.07. The summed E-state index contributed by atoms with van der Waals surface area (Å²) in [7, 11) is 0. The average Bonchev–Trinajstić information content (AvgIpc) is 1.87. The summed E-state index contributed by atoms with van der Waals surface area (Å²) in [5, 5.41) is 0. The van der Waals surface area contributed by atoms with Crippen molar-refractivity contribution in [3.63, 3.8) is 0 Å². The molecule has 1 heteroatoms. The molecular formula is C9H17N. The molecule has 0 heterocycles. The van der Waals surface area contributed by atoms with E-state index in [2.05, 4.69) is 18.7 Å². The van der Waals surface area contributed by atoms with E-state index in [9.17, 15) is 0 Å². The lowest BCUT2D eigenvalue weighted by Gasteiger charge is -2.00. The van der Waals surface area contributed by atoms with Gasteiger partial charge in [0.2, 0.25) is 6.54 Å². The first kappa shape index (κ1) is 9.49. The standard InChI is InChI=1S/C9H17N/c1-9(2)7-5-4-6-8-10-3/h9H,4-8H2,1-2H3. The molecule has 0 aromatic carbocycles. The van der Waals surface area contributed by atoms with Crippen molar-refractivity contribution in [2.45, 2.75) is 39.5 Å². The second kappa shape index (κ2) is 6.61. The van der Waals surface area contributed by atoms with Gasteiger partial charge in [-0.3, -0.25) is 0 Å². The van der Waals surface area contributed by atoms with Crippen LogP contribution in [0.15, 0.2) is 0 Å². The van der Waals surface area contributed by atoms with Crippen LogP contribution in [0.4, 0.5) is 0 Å². The molecule has 0 aromatic heterocycles. The fraction of sp³-hybridized carbons (Fsp3) is 0.889. The molecule has 58 valence electrons. The summed E-state index contributed by atoms with van der Waals surface area (Å²) in [6.07, 6.45) is 4.95. The van der Waals surface area contributed by atoms with Gasteiger partial charge in [-0.2, -0.15) is 0 Å². The lowest BCUT2D eigenvalue weighted by atomic mass is 10.1. The number of unbranched alkanes of at least 4 members (excludes halogenated alkanes) is 2. The summed E-state index contributed by atoms with van der Waals surface area (Å²) >= 11 is 0. The van der Waals surface area contributed by atoms with E-state index in [1.54, 1.807) is 0 Å². The molecule has 0 unspecified atom stereocenters. The van der Waals surface area contributed by atoms with Crippen molar-refractivity contribution in [2.24, 2.45) is 5.92 Å². The van der Waals surface area contributed by atoms with Crippen LogP contribution in [0.25, 0.3) is 4.85 Å². The van der Waals surface area contributed by atoms with Gasteiger partial charge >= 0.3 is 0 Å². The molecule has 0 saturated carbocycles. The Labute approximate surface area is 64.3 Å². The van der Waals surface area contributed by atoms with Crippen molar-refractivity contribution < 1.29 is 0 Å². The zero-order valence-corrected chi connectivity index (χ0v) is 7.06. The molecule has 0 radical (unpaired) electrons. The molecule has 0 spiro atoms. The van der Waals surface area contributed by atoms with E-state index >= 15 is 0 Å². The first-order chi connectivity index (χ1) is 4.77. The maximum absolute atomic E-state index is 6.55.